The average Bonchev–Trinajstić information content (AvgIpc) is 2.48. The van der Waals surface area contributed by atoms with E-state index in [1.54, 1.807) is 7.11 Å². The molecule has 0 bridgehead atoms. The van der Waals surface area contributed by atoms with Crippen LogP contribution in [0.5, 0.6) is 5.75 Å². The molecule has 110 valence electrons. The van der Waals surface area contributed by atoms with Gasteiger partial charge in [-0.25, -0.2) is 0 Å². The third-order valence-electron chi connectivity index (χ3n) is 3.61. The normalized spacial score (nSPS) is 20.5. The Morgan fingerprint density at radius 2 is 2.10 bits per heavy atom. The number of nitrogens with one attached hydrogen (secondary N) is 1. The van der Waals surface area contributed by atoms with Crippen LogP contribution in [0.4, 0.5) is 11.4 Å². The summed E-state index contributed by atoms with van der Waals surface area (Å²) in [4.78, 5) is 0. The van der Waals surface area contributed by atoms with E-state index in [4.69, 9.17) is 20.9 Å². The molecule has 21 heavy (non-hydrogen) atoms. The molecule has 5 N–H and O–H groups in total. The lowest BCUT2D eigenvalue weighted by Gasteiger charge is -2.37. The molecular weight excluding hydrogens is 266 g/mol. The molecule has 0 saturated heterocycles. The maximum atomic E-state index is 6.35. The Morgan fingerprint density at radius 3 is 2.90 bits per heavy atom. The molecule has 0 amide bonds. The van der Waals surface area contributed by atoms with Gasteiger partial charge in [0.1, 0.15) is 5.75 Å². The Kier molecular flexibility index (Phi) is 3.45. The highest BCUT2D eigenvalue weighted by Crippen LogP contribution is 2.31. The lowest BCUT2D eigenvalue weighted by molar-refractivity contribution is -0.0383. The molecule has 1 atom stereocenters. The molecule has 5 nitrogen and oxygen atoms in total. The number of para-hydroxylation sites is 1. The molecule has 0 aliphatic carbocycles. The van der Waals surface area contributed by atoms with Crippen molar-refractivity contribution in [2.45, 2.75) is 18.9 Å². The molecule has 2 aromatic rings. The number of ether oxygens (including phenoxy) is 2. The first-order chi connectivity index (χ1) is 10.1. The van der Waals surface area contributed by atoms with Gasteiger partial charge in [0.05, 0.1) is 13.7 Å². The Bertz CT molecular complexity index is 660. The van der Waals surface area contributed by atoms with Gasteiger partial charge < -0.3 is 20.5 Å². The fraction of sp³-hybridized carbons (Fsp3) is 0.250. The number of nitrogens with two attached hydrogens (primary N) is 2. The molecule has 3 rings (SSSR count). The van der Waals surface area contributed by atoms with Crippen molar-refractivity contribution >= 4 is 11.4 Å². The third kappa shape index (κ3) is 2.79. The zero-order valence-corrected chi connectivity index (χ0v) is 11.9. The van der Waals surface area contributed by atoms with E-state index in [0.717, 1.165) is 22.6 Å². The van der Waals surface area contributed by atoms with Crippen LogP contribution in [0.15, 0.2) is 42.5 Å². The smallest absolute Gasteiger partial charge is 0.197 e. The molecule has 2 aromatic carbocycles. The first-order valence-corrected chi connectivity index (χ1v) is 6.81. The van der Waals surface area contributed by atoms with Crippen LogP contribution in [0, 0.1) is 0 Å². The summed E-state index contributed by atoms with van der Waals surface area (Å²) in [5, 5.41) is 3.24. The van der Waals surface area contributed by atoms with Gasteiger partial charge >= 0.3 is 0 Å². The van der Waals surface area contributed by atoms with Gasteiger partial charge in [-0.15, -0.1) is 0 Å². The SMILES string of the molecule is COc1ccccc1CC1(N)Nc2ccc(N)cc2CO1. The van der Waals surface area contributed by atoms with E-state index in [-0.39, 0.29) is 0 Å². The summed E-state index contributed by atoms with van der Waals surface area (Å²) in [6, 6.07) is 13.5. The topological polar surface area (TPSA) is 82.5 Å². The fourth-order valence-corrected chi connectivity index (χ4v) is 2.55. The molecule has 0 saturated carbocycles. The van der Waals surface area contributed by atoms with Gasteiger partial charge in [-0.1, -0.05) is 18.2 Å². The molecule has 1 aliphatic heterocycles. The van der Waals surface area contributed by atoms with E-state index in [2.05, 4.69) is 5.32 Å². The Morgan fingerprint density at radius 1 is 1.29 bits per heavy atom. The molecule has 0 spiro atoms. The minimum atomic E-state index is -0.961. The number of methoxy groups -OCH3 is 1. The molecule has 0 radical (unpaired) electrons. The van der Waals surface area contributed by atoms with Gasteiger partial charge in [0.2, 0.25) is 0 Å². The Balaban J connectivity index is 1.84. The van der Waals surface area contributed by atoms with Gasteiger partial charge in [-0.05, 0) is 24.3 Å². The summed E-state index contributed by atoms with van der Waals surface area (Å²) < 4.78 is 11.2. The Labute approximate surface area is 123 Å². The van der Waals surface area contributed by atoms with Crippen molar-refractivity contribution in [3.63, 3.8) is 0 Å². The minimum absolute atomic E-state index is 0.430. The molecule has 1 unspecified atom stereocenters. The number of hydrogen-bond acceptors (Lipinski definition) is 5. The number of benzene rings is 2. The van der Waals surface area contributed by atoms with E-state index >= 15 is 0 Å². The minimum Gasteiger partial charge on any atom is -0.496 e. The maximum absolute atomic E-state index is 6.35. The highest BCUT2D eigenvalue weighted by Gasteiger charge is 2.32. The number of rotatable bonds is 3. The predicted molar refractivity (Wildman–Crippen MR) is 82.9 cm³/mol. The number of anilines is 2. The van der Waals surface area contributed by atoms with Gasteiger partial charge in [0, 0.05) is 28.9 Å². The van der Waals surface area contributed by atoms with Crippen molar-refractivity contribution in [1.82, 2.24) is 0 Å². The van der Waals surface area contributed by atoms with Crippen LogP contribution in [0.2, 0.25) is 0 Å². The third-order valence-corrected chi connectivity index (χ3v) is 3.61. The molecule has 0 fully saturated rings. The zero-order valence-electron chi connectivity index (χ0n) is 11.9. The van der Waals surface area contributed by atoms with Crippen molar-refractivity contribution in [1.29, 1.82) is 0 Å². The predicted octanol–water partition coefficient (Wildman–Crippen LogP) is 2.07. The maximum Gasteiger partial charge on any atom is 0.197 e. The summed E-state index contributed by atoms with van der Waals surface area (Å²) in [6.07, 6.45) is 0.501. The first kappa shape index (κ1) is 13.7. The fourth-order valence-electron chi connectivity index (χ4n) is 2.55. The number of fused-ring (bicyclic) bond motifs is 1. The second kappa shape index (κ2) is 5.27. The number of hydrogen-bond donors (Lipinski definition) is 3. The van der Waals surface area contributed by atoms with Crippen LogP contribution in [0.25, 0.3) is 0 Å². The van der Waals surface area contributed by atoms with E-state index < -0.39 is 5.85 Å². The molecule has 5 heteroatoms. The van der Waals surface area contributed by atoms with Crippen molar-refractivity contribution in [3.05, 3.63) is 53.6 Å². The largest absolute Gasteiger partial charge is 0.496 e. The highest BCUT2D eigenvalue weighted by atomic mass is 16.5. The molecule has 1 heterocycles. The zero-order chi connectivity index (χ0) is 14.9. The number of nitrogen functional groups attached to an aromatic ring is 1. The standard InChI is InChI=1S/C16H19N3O2/c1-20-15-5-3-2-4-11(15)9-16(18)19-14-7-6-13(17)8-12(14)10-21-16/h2-8,19H,9-10,17-18H2,1H3. The van der Waals surface area contributed by atoms with E-state index in [1.165, 1.54) is 0 Å². The van der Waals surface area contributed by atoms with E-state index in [0.29, 0.717) is 18.7 Å². The van der Waals surface area contributed by atoms with Gasteiger partial charge in [-0.2, -0.15) is 0 Å². The lowest BCUT2D eigenvalue weighted by atomic mass is 10.0. The van der Waals surface area contributed by atoms with Gasteiger partial charge in [0.15, 0.2) is 5.85 Å². The van der Waals surface area contributed by atoms with Crippen LogP contribution in [0.3, 0.4) is 0 Å². The van der Waals surface area contributed by atoms with E-state index in [9.17, 15) is 0 Å². The van der Waals surface area contributed by atoms with Crippen LogP contribution < -0.4 is 21.5 Å². The van der Waals surface area contributed by atoms with Crippen LogP contribution >= 0.6 is 0 Å². The van der Waals surface area contributed by atoms with Gasteiger partial charge in [-0.3, -0.25) is 5.73 Å². The van der Waals surface area contributed by atoms with E-state index in [1.807, 2.05) is 42.5 Å². The van der Waals surface area contributed by atoms with Crippen LogP contribution in [-0.2, 0) is 17.8 Å². The average molecular weight is 285 g/mol. The second-order valence-electron chi connectivity index (χ2n) is 5.21. The first-order valence-electron chi connectivity index (χ1n) is 6.81. The quantitative estimate of drug-likeness (QED) is 0.752. The van der Waals surface area contributed by atoms with Crippen molar-refractivity contribution in [2.24, 2.45) is 5.73 Å². The van der Waals surface area contributed by atoms with Crippen molar-refractivity contribution < 1.29 is 9.47 Å². The lowest BCUT2D eigenvalue weighted by Crippen LogP contribution is -2.54. The summed E-state index contributed by atoms with van der Waals surface area (Å²) in [6.45, 7) is 0.430. The summed E-state index contributed by atoms with van der Waals surface area (Å²) in [5.41, 5.74) is 15.8. The summed E-state index contributed by atoms with van der Waals surface area (Å²) in [7, 11) is 1.65. The van der Waals surface area contributed by atoms with Crippen LogP contribution in [-0.4, -0.2) is 13.0 Å². The molecule has 0 aromatic heterocycles. The van der Waals surface area contributed by atoms with Crippen molar-refractivity contribution in [3.8, 4) is 5.75 Å². The molecular formula is C16H19N3O2. The molecule has 1 aliphatic rings. The summed E-state index contributed by atoms with van der Waals surface area (Å²) in [5.74, 6) is -0.159. The summed E-state index contributed by atoms with van der Waals surface area (Å²) >= 11 is 0. The van der Waals surface area contributed by atoms with Crippen LogP contribution in [0.1, 0.15) is 11.1 Å². The van der Waals surface area contributed by atoms with Crippen molar-refractivity contribution in [2.75, 3.05) is 18.2 Å². The monoisotopic (exact) mass is 285 g/mol. The second-order valence-corrected chi connectivity index (χ2v) is 5.21. The van der Waals surface area contributed by atoms with Gasteiger partial charge in [0.25, 0.3) is 0 Å². The Hall–Kier alpha value is -2.24. The highest BCUT2D eigenvalue weighted by molar-refractivity contribution is 5.60.